The molecule has 2 heterocycles. The molecular weight excluding hydrogens is 262 g/mol. The lowest BCUT2D eigenvalue weighted by Gasteiger charge is -2.28. The Kier molecular flexibility index (Phi) is 2.91. The molecule has 6 heteroatoms. The molecule has 0 fully saturated rings. The first-order valence-electron chi connectivity index (χ1n) is 6.14. The van der Waals surface area contributed by atoms with Crippen LogP contribution in [0, 0.1) is 0 Å². The van der Waals surface area contributed by atoms with Crippen molar-refractivity contribution in [3.8, 4) is 0 Å². The van der Waals surface area contributed by atoms with Gasteiger partial charge in [0.2, 0.25) is 0 Å². The summed E-state index contributed by atoms with van der Waals surface area (Å²) in [5.41, 5.74) is 8.87. The summed E-state index contributed by atoms with van der Waals surface area (Å²) in [5.74, 6) is 0. The Morgan fingerprint density at radius 3 is 2.68 bits per heavy atom. The molecule has 0 atom stereocenters. The maximum Gasteiger partial charge on any atom is 0.297 e. The van der Waals surface area contributed by atoms with Crippen LogP contribution in [0.15, 0.2) is 39.3 Å². The molecule has 2 aliphatic heterocycles. The smallest absolute Gasteiger partial charge is 0.297 e. The highest BCUT2D eigenvalue weighted by atomic mass is 32.2. The molecule has 0 unspecified atom stereocenters. The van der Waals surface area contributed by atoms with Gasteiger partial charge in [0.25, 0.3) is 10.0 Å². The van der Waals surface area contributed by atoms with E-state index >= 15 is 0 Å². The number of nitrogens with zero attached hydrogens (tertiary/aromatic N) is 2. The van der Waals surface area contributed by atoms with Gasteiger partial charge in [0, 0.05) is 31.4 Å². The minimum Gasteiger partial charge on any atom is -0.388 e. The van der Waals surface area contributed by atoms with Crippen LogP contribution in [-0.4, -0.2) is 32.6 Å². The zero-order chi connectivity index (χ0) is 13.5. The fraction of sp³-hybridized carbons (Fsp3) is 0.308. The molecule has 1 aromatic carbocycles. The summed E-state index contributed by atoms with van der Waals surface area (Å²) in [4.78, 5) is 2.19. The molecule has 0 saturated heterocycles. The standard InChI is InChI=1S/C13H15N3O2S/c14-13-12(7-15-19(13,17)18)9-16-6-5-10-3-1-2-4-11(10)8-16/h1-4,7H,5-6,8-9,14H2. The first-order valence-corrected chi connectivity index (χ1v) is 7.58. The van der Waals surface area contributed by atoms with E-state index in [4.69, 9.17) is 5.73 Å². The molecule has 100 valence electrons. The normalized spacial score (nSPS) is 21.7. The lowest BCUT2D eigenvalue weighted by molar-refractivity contribution is 0.279. The van der Waals surface area contributed by atoms with Crippen LogP contribution in [0.4, 0.5) is 0 Å². The van der Waals surface area contributed by atoms with Gasteiger partial charge in [-0.1, -0.05) is 24.3 Å². The number of sulfonamides is 1. The zero-order valence-electron chi connectivity index (χ0n) is 10.4. The number of benzene rings is 1. The molecule has 0 aliphatic carbocycles. The van der Waals surface area contributed by atoms with Gasteiger partial charge in [0.15, 0.2) is 5.03 Å². The Bertz CT molecular complexity index is 677. The van der Waals surface area contributed by atoms with Crippen molar-refractivity contribution in [2.75, 3.05) is 13.1 Å². The van der Waals surface area contributed by atoms with E-state index < -0.39 is 10.0 Å². The van der Waals surface area contributed by atoms with E-state index in [1.807, 2.05) is 12.1 Å². The lowest BCUT2D eigenvalue weighted by Crippen LogP contribution is -2.32. The van der Waals surface area contributed by atoms with E-state index in [0.717, 1.165) is 19.5 Å². The summed E-state index contributed by atoms with van der Waals surface area (Å²) in [6, 6.07) is 8.32. The van der Waals surface area contributed by atoms with E-state index in [1.54, 1.807) is 0 Å². The zero-order valence-corrected chi connectivity index (χ0v) is 11.2. The van der Waals surface area contributed by atoms with E-state index in [2.05, 4.69) is 21.4 Å². The first-order chi connectivity index (χ1) is 9.06. The quantitative estimate of drug-likeness (QED) is 0.860. The number of fused-ring (bicyclic) bond motifs is 1. The van der Waals surface area contributed by atoms with Crippen molar-refractivity contribution in [1.29, 1.82) is 0 Å². The predicted octanol–water partition coefficient (Wildman–Crippen LogP) is 0.629. The topological polar surface area (TPSA) is 75.8 Å². The van der Waals surface area contributed by atoms with E-state index in [9.17, 15) is 8.42 Å². The molecule has 2 N–H and O–H groups in total. The number of hydrogen-bond acceptors (Lipinski definition) is 4. The van der Waals surface area contributed by atoms with Crippen LogP contribution in [0.3, 0.4) is 0 Å². The van der Waals surface area contributed by atoms with Crippen LogP contribution >= 0.6 is 0 Å². The Labute approximate surface area is 112 Å². The van der Waals surface area contributed by atoms with Gasteiger partial charge in [0.1, 0.15) is 0 Å². The number of rotatable bonds is 2. The Morgan fingerprint density at radius 1 is 1.26 bits per heavy atom. The third-order valence-electron chi connectivity index (χ3n) is 3.55. The first kappa shape index (κ1) is 12.4. The SMILES string of the molecule is NC1=C(CN2CCc3ccccc3C2)C=NS1(=O)=O. The molecule has 0 saturated carbocycles. The van der Waals surface area contributed by atoms with Crippen LogP contribution in [-0.2, 0) is 23.0 Å². The fourth-order valence-corrected chi connectivity index (χ4v) is 3.30. The molecule has 19 heavy (non-hydrogen) atoms. The summed E-state index contributed by atoms with van der Waals surface area (Å²) in [6.07, 6.45) is 2.35. The summed E-state index contributed by atoms with van der Waals surface area (Å²) in [5, 5.41) is -0.105. The molecule has 1 aromatic rings. The van der Waals surface area contributed by atoms with Crippen molar-refractivity contribution < 1.29 is 8.42 Å². The van der Waals surface area contributed by atoms with Crippen LogP contribution < -0.4 is 5.73 Å². The van der Waals surface area contributed by atoms with E-state index in [-0.39, 0.29) is 5.03 Å². The Balaban J connectivity index is 1.78. The van der Waals surface area contributed by atoms with Crippen LogP contribution in [0.2, 0.25) is 0 Å². The average Bonchev–Trinajstić information content (AvgIpc) is 2.66. The van der Waals surface area contributed by atoms with E-state index in [0.29, 0.717) is 12.1 Å². The van der Waals surface area contributed by atoms with Gasteiger partial charge < -0.3 is 5.73 Å². The van der Waals surface area contributed by atoms with Gasteiger partial charge in [-0.25, -0.2) is 0 Å². The highest BCUT2D eigenvalue weighted by molar-refractivity contribution is 7.94. The maximum absolute atomic E-state index is 11.4. The molecule has 2 aliphatic rings. The van der Waals surface area contributed by atoms with Crippen molar-refractivity contribution in [2.24, 2.45) is 10.1 Å². The van der Waals surface area contributed by atoms with Gasteiger partial charge in [-0.3, -0.25) is 4.90 Å². The van der Waals surface area contributed by atoms with Gasteiger partial charge >= 0.3 is 0 Å². The van der Waals surface area contributed by atoms with Crippen molar-refractivity contribution >= 4 is 16.2 Å². The third kappa shape index (κ3) is 2.29. The summed E-state index contributed by atoms with van der Waals surface area (Å²) in [7, 11) is -3.59. The van der Waals surface area contributed by atoms with Crippen LogP contribution in [0.5, 0.6) is 0 Å². The van der Waals surface area contributed by atoms with Crippen LogP contribution in [0.1, 0.15) is 11.1 Å². The number of hydrogen-bond donors (Lipinski definition) is 1. The monoisotopic (exact) mass is 277 g/mol. The van der Waals surface area contributed by atoms with Crippen molar-refractivity contribution in [2.45, 2.75) is 13.0 Å². The van der Waals surface area contributed by atoms with Gasteiger partial charge in [-0.15, -0.1) is 0 Å². The minimum absolute atomic E-state index is 0.105. The summed E-state index contributed by atoms with van der Waals surface area (Å²) in [6.45, 7) is 2.26. The molecule has 5 nitrogen and oxygen atoms in total. The molecular formula is C13H15N3O2S. The summed E-state index contributed by atoms with van der Waals surface area (Å²) >= 11 is 0. The minimum atomic E-state index is -3.59. The fourth-order valence-electron chi connectivity index (χ4n) is 2.47. The highest BCUT2D eigenvalue weighted by Crippen LogP contribution is 2.21. The van der Waals surface area contributed by atoms with Crippen molar-refractivity contribution in [1.82, 2.24) is 4.90 Å². The van der Waals surface area contributed by atoms with Gasteiger partial charge in [-0.2, -0.15) is 12.8 Å². The molecule has 0 amide bonds. The molecule has 3 rings (SSSR count). The predicted molar refractivity (Wildman–Crippen MR) is 74.0 cm³/mol. The van der Waals surface area contributed by atoms with Crippen LogP contribution in [0.25, 0.3) is 0 Å². The largest absolute Gasteiger partial charge is 0.388 e. The number of nitrogens with two attached hydrogens (primary N) is 1. The highest BCUT2D eigenvalue weighted by Gasteiger charge is 2.25. The second-order valence-corrected chi connectivity index (χ2v) is 6.43. The van der Waals surface area contributed by atoms with Gasteiger partial charge in [0.05, 0.1) is 0 Å². The molecule has 0 radical (unpaired) electrons. The van der Waals surface area contributed by atoms with Crippen molar-refractivity contribution in [3.63, 3.8) is 0 Å². The Hall–Kier alpha value is -1.66. The molecule has 0 spiro atoms. The molecule has 0 aromatic heterocycles. The molecule has 0 bridgehead atoms. The Morgan fingerprint density at radius 2 is 2.00 bits per heavy atom. The second kappa shape index (κ2) is 4.47. The maximum atomic E-state index is 11.4. The average molecular weight is 277 g/mol. The van der Waals surface area contributed by atoms with E-state index in [1.165, 1.54) is 17.3 Å². The van der Waals surface area contributed by atoms with Crippen molar-refractivity contribution in [3.05, 3.63) is 46.0 Å². The summed E-state index contributed by atoms with van der Waals surface area (Å²) < 4.78 is 26.3. The lowest BCUT2D eigenvalue weighted by atomic mass is 9.99. The van der Waals surface area contributed by atoms with Gasteiger partial charge in [-0.05, 0) is 17.5 Å². The third-order valence-corrected chi connectivity index (χ3v) is 4.75. The second-order valence-electron chi connectivity index (χ2n) is 4.83.